The fourth-order valence-corrected chi connectivity index (χ4v) is 2.78. The molecule has 1 heterocycles. The van der Waals surface area contributed by atoms with Gasteiger partial charge in [-0.05, 0) is 38.1 Å². The van der Waals surface area contributed by atoms with Crippen LogP contribution in [0.5, 0.6) is 5.75 Å². The zero-order valence-electron chi connectivity index (χ0n) is 11.5. The number of nitrogens with one attached hydrogen (secondary N) is 1. The minimum atomic E-state index is -0.406. The summed E-state index contributed by atoms with van der Waals surface area (Å²) in [5.74, 6) is 0.474. The first-order chi connectivity index (χ1) is 9.51. The van der Waals surface area contributed by atoms with Crippen molar-refractivity contribution in [2.45, 2.75) is 19.9 Å². The van der Waals surface area contributed by atoms with Crippen molar-refractivity contribution in [2.75, 3.05) is 12.4 Å². The number of nitro benzene ring substituents is 1. The first kappa shape index (κ1) is 14.3. The second kappa shape index (κ2) is 5.92. The maximum absolute atomic E-state index is 11.1. The third-order valence-electron chi connectivity index (χ3n) is 2.96. The third kappa shape index (κ3) is 3.08. The number of anilines is 1. The van der Waals surface area contributed by atoms with Crippen LogP contribution in [0.2, 0.25) is 0 Å². The van der Waals surface area contributed by atoms with Gasteiger partial charge in [-0.1, -0.05) is 0 Å². The van der Waals surface area contributed by atoms with Crippen LogP contribution in [-0.4, -0.2) is 12.0 Å². The van der Waals surface area contributed by atoms with Gasteiger partial charge >= 0.3 is 0 Å². The molecule has 20 heavy (non-hydrogen) atoms. The molecule has 6 heteroatoms. The van der Waals surface area contributed by atoms with Crippen molar-refractivity contribution in [3.63, 3.8) is 0 Å². The normalized spacial score (nSPS) is 11.9. The molecule has 0 bridgehead atoms. The molecule has 106 valence electrons. The number of rotatable bonds is 5. The van der Waals surface area contributed by atoms with Gasteiger partial charge in [-0.15, -0.1) is 11.3 Å². The zero-order valence-corrected chi connectivity index (χ0v) is 12.4. The maximum atomic E-state index is 11.1. The summed E-state index contributed by atoms with van der Waals surface area (Å²) in [5, 5.41) is 14.3. The molecule has 0 saturated carbocycles. The number of hydrogen-bond donors (Lipinski definition) is 1. The Morgan fingerprint density at radius 3 is 2.65 bits per heavy atom. The molecule has 1 N–H and O–H groups in total. The number of thiophene rings is 1. The number of nitro groups is 1. The molecule has 0 spiro atoms. The Bertz CT molecular complexity index is 625. The summed E-state index contributed by atoms with van der Waals surface area (Å²) in [5.41, 5.74) is 0.513. The molecule has 0 radical (unpaired) electrons. The van der Waals surface area contributed by atoms with E-state index < -0.39 is 4.92 Å². The van der Waals surface area contributed by atoms with E-state index in [2.05, 4.69) is 5.32 Å². The predicted molar refractivity (Wildman–Crippen MR) is 80.7 cm³/mol. The van der Waals surface area contributed by atoms with Gasteiger partial charge in [-0.2, -0.15) is 0 Å². The van der Waals surface area contributed by atoms with Gasteiger partial charge in [0.15, 0.2) is 0 Å². The summed E-state index contributed by atoms with van der Waals surface area (Å²) < 4.78 is 5.02. The lowest BCUT2D eigenvalue weighted by molar-refractivity contribution is -0.384. The van der Waals surface area contributed by atoms with Crippen molar-refractivity contribution in [2.24, 2.45) is 0 Å². The summed E-state index contributed by atoms with van der Waals surface area (Å²) in [7, 11) is 1.49. The summed E-state index contributed by atoms with van der Waals surface area (Å²) in [6.45, 7) is 4.02. The highest BCUT2D eigenvalue weighted by molar-refractivity contribution is 7.12. The van der Waals surface area contributed by atoms with Crippen molar-refractivity contribution in [1.82, 2.24) is 0 Å². The highest BCUT2D eigenvalue weighted by Crippen LogP contribution is 2.33. The zero-order chi connectivity index (χ0) is 14.7. The van der Waals surface area contributed by atoms with E-state index in [1.165, 1.54) is 18.1 Å². The van der Waals surface area contributed by atoms with Crippen LogP contribution in [0.3, 0.4) is 0 Å². The van der Waals surface area contributed by atoms with E-state index in [0.717, 1.165) is 4.88 Å². The number of aryl methyl sites for hydroxylation is 1. The van der Waals surface area contributed by atoms with Crippen molar-refractivity contribution >= 4 is 22.7 Å². The van der Waals surface area contributed by atoms with E-state index in [-0.39, 0.29) is 11.7 Å². The van der Waals surface area contributed by atoms with Crippen LogP contribution >= 0.6 is 11.3 Å². The Morgan fingerprint density at radius 1 is 1.35 bits per heavy atom. The van der Waals surface area contributed by atoms with Gasteiger partial charge in [0, 0.05) is 9.75 Å². The number of benzene rings is 1. The quantitative estimate of drug-likeness (QED) is 0.664. The summed E-state index contributed by atoms with van der Waals surface area (Å²) in [6.07, 6.45) is 0. The SMILES string of the molecule is COc1ccc(NC(C)c2ccc(C)s2)c([N+](=O)[O-])c1. The molecule has 0 aliphatic rings. The van der Waals surface area contributed by atoms with Gasteiger partial charge in [0.2, 0.25) is 0 Å². The van der Waals surface area contributed by atoms with Gasteiger partial charge in [0.1, 0.15) is 11.4 Å². The van der Waals surface area contributed by atoms with E-state index in [4.69, 9.17) is 4.74 Å². The number of ether oxygens (including phenoxy) is 1. The molecule has 1 unspecified atom stereocenters. The largest absolute Gasteiger partial charge is 0.496 e. The van der Waals surface area contributed by atoms with Gasteiger partial charge in [-0.3, -0.25) is 10.1 Å². The summed E-state index contributed by atoms with van der Waals surface area (Å²) in [4.78, 5) is 13.1. The second-order valence-electron chi connectivity index (χ2n) is 4.45. The summed E-state index contributed by atoms with van der Waals surface area (Å²) >= 11 is 1.68. The lowest BCUT2D eigenvalue weighted by Gasteiger charge is -2.14. The van der Waals surface area contributed by atoms with E-state index >= 15 is 0 Å². The average molecular weight is 292 g/mol. The van der Waals surface area contributed by atoms with E-state index in [0.29, 0.717) is 11.4 Å². The maximum Gasteiger partial charge on any atom is 0.296 e. The highest BCUT2D eigenvalue weighted by Gasteiger charge is 2.17. The standard InChI is InChI=1S/C14H16N2O3S/c1-9-4-7-14(20-9)10(2)15-12-6-5-11(19-3)8-13(12)16(17)18/h4-8,10,15H,1-3H3. The molecule has 1 atom stereocenters. The first-order valence-electron chi connectivity index (χ1n) is 6.16. The molecule has 2 rings (SSSR count). The Balaban J connectivity index is 2.26. The first-order valence-corrected chi connectivity index (χ1v) is 6.98. The molecule has 5 nitrogen and oxygen atoms in total. The van der Waals surface area contributed by atoms with Crippen molar-refractivity contribution in [1.29, 1.82) is 0 Å². The molecule has 0 saturated heterocycles. The van der Waals surface area contributed by atoms with Gasteiger partial charge in [-0.25, -0.2) is 0 Å². The highest BCUT2D eigenvalue weighted by atomic mass is 32.1. The smallest absolute Gasteiger partial charge is 0.296 e. The Labute approximate surface area is 121 Å². The minimum Gasteiger partial charge on any atom is -0.496 e. The van der Waals surface area contributed by atoms with E-state index in [1.807, 2.05) is 26.0 Å². The van der Waals surface area contributed by atoms with Gasteiger partial charge in [0.05, 0.1) is 24.1 Å². The third-order valence-corrected chi connectivity index (χ3v) is 4.14. The fraction of sp³-hybridized carbons (Fsp3) is 0.286. The molecule has 0 amide bonds. The van der Waals surface area contributed by atoms with Crippen LogP contribution in [-0.2, 0) is 0 Å². The van der Waals surface area contributed by atoms with Crippen LogP contribution in [0.15, 0.2) is 30.3 Å². The van der Waals surface area contributed by atoms with Crippen LogP contribution in [0.1, 0.15) is 22.7 Å². The van der Waals surface area contributed by atoms with Gasteiger partial charge in [0.25, 0.3) is 5.69 Å². The second-order valence-corrected chi connectivity index (χ2v) is 5.77. The Morgan fingerprint density at radius 2 is 2.10 bits per heavy atom. The Hall–Kier alpha value is -2.08. The van der Waals surface area contributed by atoms with E-state index in [1.54, 1.807) is 23.5 Å². The molecule has 0 aliphatic carbocycles. The molecule has 0 aliphatic heterocycles. The lowest BCUT2D eigenvalue weighted by atomic mass is 10.2. The monoisotopic (exact) mass is 292 g/mol. The van der Waals surface area contributed by atoms with Crippen molar-refractivity contribution < 1.29 is 9.66 Å². The number of methoxy groups -OCH3 is 1. The van der Waals surface area contributed by atoms with Crippen LogP contribution in [0.4, 0.5) is 11.4 Å². The van der Waals surface area contributed by atoms with Crippen LogP contribution in [0, 0.1) is 17.0 Å². The minimum absolute atomic E-state index is 0.0146. The van der Waals surface area contributed by atoms with Crippen molar-refractivity contribution in [3.8, 4) is 5.75 Å². The van der Waals surface area contributed by atoms with Crippen LogP contribution in [0.25, 0.3) is 0 Å². The molecule has 1 aromatic heterocycles. The topological polar surface area (TPSA) is 64.4 Å². The summed E-state index contributed by atoms with van der Waals surface area (Å²) in [6, 6.07) is 8.90. The average Bonchev–Trinajstić information content (AvgIpc) is 2.85. The molecular weight excluding hydrogens is 276 g/mol. The fourth-order valence-electron chi connectivity index (χ4n) is 1.90. The lowest BCUT2D eigenvalue weighted by Crippen LogP contribution is -2.07. The van der Waals surface area contributed by atoms with Crippen LogP contribution < -0.4 is 10.1 Å². The van der Waals surface area contributed by atoms with E-state index in [9.17, 15) is 10.1 Å². The number of nitrogens with zero attached hydrogens (tertiary/aromatic N) is 1. The van der Waals surface area contributed by atoms with Crippen molar-refractivity contribution in [3.05, 3.63) is 50.2 Å². The molecule has 0 fully saturated rings. The molecule has 2 aromatic rings. The molecular formula is C14H16N2O3S. The number of hydrogen-bond acceptors (Lipinski definition) is 5. The Kier molecular flexibility index (Phi) is 4.24. The predicted octanol–water partition coefficient (Wildman–Crippen LogP) is 4.15. The molecule has 1 aromatic carbocycles. The van der Waals surface area contributed by atoms with Gasteiger partial charge < -0.3 is 10.1 Å².